The molecule has 2 N–H and O–H groups in total. The van der Waals surface area contributed by atoms with Crippen LogP contribution in [0.5, 0.6) is 5.75 Å². The monoisotopic (exact) mass is 277 g/mol. The Morgan fingerprint density at radius 3 is 2.80 bits per heavy atom. The second kappa shape index (κ2) is 6.27. The van der Waals surface area contributed by atoms with E-state index in [-0.39, 0.29) is 24.9 Å². The number of carbonyl (C=O) groups is 2. The van der Waals surface area contributed by atoms with E-state index in [1.54, 1.807) is 24.1 Å². The maximum atomic E-state index is 11.7. The van der Waals surface area contributed by atoms with Crippen molar-refractivity contribution in [3.05, 3.63) is 24.3 Å². The highest BCUT2D eigenvalue weighted by molar-refractivity contribution is 5.92. The average molecular weight is 277 g/mol. The van der Waals surface area contributed by atoms with Crippen LogP contribution < -0.4 is 10.5 Å². The SMILES string of the molecule is CN1CC(=O)N(CCCOc2cccc(N)c2)CC1=O. The molecular weight excluding hydrogens is 258 g/mol. The molecule has 0 spiro atoms. The molecule has 2 amide bonds. The van der Waals surface area contributed by atoms with Gasteiger partial charge in [-0.2, -0.15) is 0 Å². The summed E-state index contributed by atoms with van der Waals surface area (Å²) >= 11 is 0. The van der Waals surface area contributed by atoms with Gasteiger partial charge in [0.1, 0.15) is 5.75 Å². The van der Waals surface area contributed by atoms with Crippen molar-refractivity contribution in [2.75, 3.05) is 39.0 Å². The summed E-state index contributed by atoms with van der Waals surface area (Å²) in [5.74, 6) is 0.670. The van der Waals surface area contributed by atoms with Crippen LogP contribution in [0.15, 0.2) is 24.3 Å². The third-order valence-electron chi connectivity index (χ3n) is 3.18. The highest BCUT2D eigenvalue weighted by Crippen LogP contribution is 2.14. The Balaban J connectivity index is 1.73. The van der Waals surface area contributed by atoms with Gasteiger partial charge < -0.3 is 20.3 Å². The number of benzene rings is 1. The Kier molecular flexibility index (Phi) is 4.45. The first-order chi connectivity index (χ1) is 9.56. The number of nitrogen functional groups attached to an aromatic ring is 1. The lowest BCUT2D eigenvalue weighted by atomic mass is 10.3. The molecule has 0 aliphatic carbocycles. The molecule has 1 aromatic carbocycles. The number of piperazine rings is 1. The number of likely N-dealkylation sites (N-methyl/N-ethyl adjacent to an activating group) is 1. The van der Waals surface area contributed by atoms with E-state index < -0.39 is 0 Å². The van der Waals surface area contributed by atoms with E-state index in [1.165, 1.54) is 4.90 Å². The Morgan fingerprint density at radius 2 is 2.05 bits per heavy atom. The number of hydrogen-bond acceptors (Lipinski definition) is 4. The van der Waals surface area contributed by atoms with Crippen molar-refractivity contribution in [1.29, 1.82) is 0 Å². The van der Waals surface area contributed by atoms with E-state index in [0.29, 0.717) is 31.0 Å². The zero-order chi connectivity index (χ0) is 14.5. The summed E-state index contributed by atoms with van der Waals surface area (Å²) in [6, 6.07) is 7.21. The molecule has 1 saturated heterocycles. The number of hydrogen-bond donors (Lipinski definition) is 1. The number of ether oxygens (including phenoxy) is 1. The molecule has 2 rings (SSSR count). The Labute approximate surface area is 118 Å². The van der Waals surface area contributed by atoms with Crippen LogP contribution in [0.1, 0.15) is 6.42 Å². The summed E-state index contributed by atoms with van der Waals surface area (Å²) in [7, 11) is 1.64. The van der Waals surface area contributed by atoms with Gasteiger partial charge in [0.25, 0.3) is 0 Å². The number of amides is 2. The fourth-order valence-corrected chi connectivity index (χ4v) is 2.02. The van der Waals surface area contributed by atoms with Gasteiger partial charge in [-0.1, -0.05) is 6.07 Å². The fraction of sp³-hybridized carbons (Fsp3) is 0.429. The minimum absolute atomic E-state index is 0.0175. The van der Waals surface area contributed by atoms with Gasteiger partial charge in [0.15, 0.2) is 0 Å². The zero-order valence-electron chi connectivity index (χ0n) is 11.5. The largest absolute Gasteiger partial charge is 0.493 e. The van der Waals surface area contributed by atoms with E-state index in [1.807, 2.05) is 12.1 Å². The summed E-state index contributed by atoms with van der Waals surface area (Å²) in [6.07, 6.45) is 0.678. The molecule has 1 aromatic rings. The maximum Gasteiger partial charge on any atom is 0.242 e. The lowest BCUT2D eigenvalue weighted by molar-refractivity contribution is -0.148. The van der Waals surface area contributed by atoms with Gasteiger partial charge in [-0.25, -0.2) is 0 Å². The molecule has 108 valence electrons. The van der Waals surface area contributed by atoms with Crippen molar-refractivity contribution < 1.29 is 14.3 Å². The first kappa shape index (κ1) is 14.2. The van der Waals surface area contributed by atoms with E-state index in [4.69, 9.17) is 10.5 Å². The van der Waals surface area contributed by atoms with Crippen molar-refractivity contribution in [2.45, 2.75) is 6.42 Å². The van der Waals surface area contributed by atoms with E-state index in [0.717, 1.165) is 0 Å². The van der Waals surface area contributed by atoms with Crippen LogP contribution in [0.2, 0.25) is 0 Å². The molecule has 1 aliphatic heterocycles. The summed E-state index contributed by atoms with van der Waals surface area (Å²) in [5, 5.41) is 0. The lowest BCUT2D eigenvalue weighted by Crippen LogP contribution is -2.52. The predicted octanol–water partition coefficient (Wildman–Crippen LogP) is 0.338. The van der Waals surface area contributed by atoms with Crippen molar-refractivity contribution in [3.63, 3.8) is 0 Å². The van der Waals surface area contributed by atoms with Gasteiger partial charge in [-0.05, 0) is 18.6 Å². The zero-order valence-corrected chi connectivity index (χ0v) is 11.5. The number of nitrogens with zero attached hydrogens (tertiary/aromatic N) is 2. The second-order valence-corrected chi connectivity index (χ2v) is 4.84. The quantitative estimate of drug-likeness (QED) is 0.622. The van der Waals surface area contributed by atoms with Crippen LogP contribution in [0.3, 0.4) is 0 Å². The van der Waals surface area contributed by atoms with Crippen molar-refractivity contribution in [2.24, 2.45) is 0 Å². The van der Waals surface area contributed by atoms with Crippen molar-refractivity contribution >= 4 is 17.5 Å². The topological polar surface area (TPSA) is 75.9 Å². The molecule has 0 radical (unpaired) electrons. The number of anilines is 1. The van der Waals surface area contributed by atoms with Crippen LogP contribution in [-0.2, 0) is 9.59 Å². The van der Waals surface area contributed by atoms with Crippen molar-refractivity contribution in [1.82, 2.24) is 9.80 Å². The molecule has 0 bridgehead atoms. The lowest BCUT2D eigenvalue weighted by Gasteiger charge is -2.31. The molecular formula is C14H19N3O3. The smallest absolute Gasteiger partial charge is 0.242 e. The van der Waals surface area contributed by atoms with Crippen LogP contribution in [0, 0.1) is 0 Å². The number of carbonyl (C=O) groups excluding carboxylic acids is 2. The first-order valence-corrected chi connectivity index (χ1v) is 6.56. The average Bonchev–Trinajstić information content (AvgIpc) is 2.40. The Hall–Kier alpha value is -2.24. The molecule has 0 saturated carbocycles. The van der Waals surface area contributed by atoms with Gasteiger partial charge in [-0.3, -0.25) is 9.59 Å². The standard InChI is InChI=1S/C14H19N3O3/c1-16-9-14(19)17(10-13(16)18)6-3-7-20-12-5-2-4-11(15)8-12/h2,4-5,8H,3,6-7,9-10,15H2,1H3. The van der Waals surface area contributed by atoms with Gasteiger partial charge in [0.05, 0.1) is 19.7 Å². The second-order valence-electron chi connectivity index (χ2n) is 4.84. The minimum atomic E-state index is -0.0265. The third kappa shape index (κ3) is 3.63. The summed E-state index contributed by atoms with van der Waals surface area (Å²) in [6.45, 7) is 1.33. The van der Waals surface area contributed by atoms with E-state index >= 15 is 0 Å². The first-order valence-electron chi connectivity index (χ1n) is 6.56. The fourth-order valence-electron chi connectivity index (χ4n) is 2.02. The highest BCUT2D eigenvalue weighted by Gasteiger charge is 2.26. The summed E-state index contributed by atoms with van der Waals surface area (Å²) in [5.41, 5.74) is 6.31. The maximum absolute atomic E-state index is 11.7. The van der Waals surface area contributed by atoms with Crippen LogP contribution in [-0.4, -0.2) is 54.9 Å². The normalized spacial score (nSPS) is 15.7. The third-order valence-corrected chi connectivity index (χ3v) is 3.18. The molecule has 0 unspecified atom stereocenters. The van der Waals surface area contributed by atoms with Crippen molar-refractivity contribution in [3.8, 4) is 5.75 Å². The van der Waals surface area contributed by atoms with Gasteiger partial charge >= 0.3 is 0 Å². The summed E-state index contributed by atoms with van der Waals surface area (Å²) in [4.78, 5) is 26.3. The molecule has 6 nitrogen and oxygen atoms in total. The Bertz CT molecular complexity index is 504. The predicted molar refractivity (Wildman–Crippen MR) is 75.2 cm³/mol. The van der Waals surface area contributed by atoms with Crippen LogP contribution >= 0.6 is 0 Å². The van der Waals surface area contributed by atoms with E-state index in [2.05, 4.69) is 0 Å². The Morgan fingerprint density at radius 1 is 1.25 bits per heavy atom. The molecule has 1 fully saturated rings. The van der Waals surface area contributed by atoms with Crippen LogP contribution in [0.25, 0.3) is 0 Å². The number of nitrogens with two attached hydrogens (primary N) is 1. The minimum Gasteiger partial charge on any atom is -0.493 e. The van der Waals surface area contributed by atoms with E-state index in [9.17, 15) is 9.59 Å². The van der Waals surface area contributed by atoms with Crippen LogP contribution in [0.4, 0.5) is 5.69 Å². The highest BCUT2D eigenvalue weighted by atomic mass is 16.5. The molecule has 1 heterocycles. The van der Waals surface area contributed by atoms with Gasteiger partial charge in [0.2, 0.25) is 11.8 Å². The van der Waals surface area contributed by atoms with Gasteiger partial charge in [0, 0.05) is 25.3 Å². The molecule has 20 heavy (non-hydrogen) atoms. The molecule has 6 heteroatoms. The molecule has 0 aromatic heterocycles. The number of rotatable bonds is 5. The molecule has 0 atom stereocenters. The summed E-state index contributed by atoms with van der Waals surface area (Å²) < 4.78 is 5.55. The van der Waals surface area contributed by atoms with Gasteiger partial charge in [-0.15, -0.1) is 0 Å². The molecule has 1 aliphatic rings.